The Balaban J connectivity index is 3.53. The van der Waals surface area contributed by atoms with Gasteiger partial charge in [0.05, 0.1) is 0 Å². The molecule has 1 aromatic rings. The summed E-state index contributed by atoms with van der Waals surface area (Å²) in [6, 6.07) is 3.10. The van der Waals surface area contributed by atoms with E-state index in [1.165, 1.54) is 6.07 Å². The van der Waals surface area contributed by atoms with Crippen LogP contribution in [0.5, 0.6) is 0 Å². The molecule has 1 rings (SSSR count). The molecule has 0 N–H and O–H groups in total. The normalized spacial score (nSPS) is 9.18. The molecule has 0 spiro atoms. The molecule has 56 valence electrons. The average molecular weight is 149 g/mol. The Kier molecular flexibility index (Phi) is 1.77. The van der Waals surface area contributed by atoms with E-state index in [9.17, 15) is 4.79 Å². The monoisotopic (exact) mass is 149 g/mol. The lowest BCUT2D eigenvalue weighted by Crippen LogP contribution is -2.06. The van der Waals surface area contributed by atoms with Gasteiger partial charge in [-0.3, -0.25) is 4.79 Å². The largest absolute Gasteiger partial charge is 0.465 e. The standard InChI is InChI=1S/C8H7NO2/c1-5-3-8(10)7(4-9)6(2)11-5/h3H,1-2H3. The van der Waals surface area contributed by atoms with Crippen molar-refractivity contribution in [1.29, 1.82) is 5.26 Å². The van der Waals surface area contributed by atoms with Crippen molar-refractivity contribution in [2.75, 3.05) is 0 Å². The van der Waals surface area contributed by atoms with Crippen molar-refractivity contribution in [2.24, 2.45) is 0 Å². The van der Waals surface area contributed by atoms with Gasteiger partial charge in [0.1, 0.15) is 23.2 Å². The van der Waals surface area contributed by atoms with Crippen molar-refractivity contribution in [3.63, 3.8) is 0 Å². The van der Waals surface area contributed by atoms with Gasteiger partial charge in [0.15, 0.2) is 0 Å². The third-order valence-corrected chi connectivity index (χ3v) is 1.36. The highest BCUT2D eigenvalue weighted by Gasteiger charge is 2.04. The van der Waals surface area contributed by atoms with Gasteiger partial charge in [0.25, 0.3) is 0 Å². The highest BCUT2D eigenvalue weighted by Crippen LogP contribution is 2.03. The Labute approximate surface area is 63.9 Å². The van der Waals surface area contributed by atoms with E-state index in [2.05, 4.69) is 0 Å². The molecule has 0 unspecified atom stereocenters. The van der Waals surface area contributed by atoms with Crippen LogP contribution in [0.4, 0.5) is 0 Å². The molecule has 0 bridgehead atoms. The van der Waals surface area contributed by atoms with E-state index in [4.69, 9.17) is 9.68 Å². The topological polar surface area (TPSA) is 54.0 Å². The van der Waals surface area contributed by atoms with Crippen molar-refractivity contribution in [1.82, 2.24) is 0 Å². The van der Waals surface area contributed by atoms with Crippen LogP contribution in [0.2, 0.25) is 0 Å². The van der Waals surface area contributed by atoms with Crippen LogP contribution in [0, 0.1) is 25.2 Å². The van der Waals surface area contributed by atoms with Gasteiger partial charge >= 0.3 is 0 Å². The van der Waals surface area contributed by atoms with Crippen LogP contribution in [0.25, 0.3) is 0 Å². The summed E-state index contributed by atoms with van der Waals surface area (Å²) in [6.45, 7) is 3.28. The molecule has 0 aliphatic heterocycles. The molecule has 0 amide bonds. The fraction of sp³-hybridized carbons (Fsp3) is 0.250. The molecule has 1 aromatic heterocycles. The second kappa shape index (κ2) is 2.59. The second-order valence-electron chi connectivity index (χ2n) is 2.26. The van der Waals surface area contributed by atoms with Crippen molar-refractivity contribution in [3.05, 3.63) is 33.4 Å². The van der Waals surface area contributed by atoms with E-state index in [0.29, 0.717) is 11.5 Å². The molecule has 0 saturated carbocycles. The first-order valence-electron chi connectivity index (χ1n) is 3.16. The Morgan fingerprint density at radius 3 is 2.64 bits per heavy atom. The van der Waals surface area contributed by atoms with E-state index in [0.717, 1.165) is 0 Å². The molecule has 0 saturated heterocycles. The predicted molar refractivity (Wildman–Crippen MR) is 39.2 cm³/mol. The van der Waals surface area contributed by atoms with E-state index < -0.39 is 0 Å². The zero-order valence-electron chi connectivity index (χ0n) is 6.34. The van der Waals surface area contributed by atoms with Crippen LogP contribution in [-0.2, 0) is 0 Å². The summed E-state index contributed by atoms with van der Waals surface area (Å²) in [6.07, 6.45) is 0. The van der Waals surface area contributed by atoms with E-state index >= 15 is 0 Å². The quantitative estimate of drug-likeness (QED) is 0.555. The summed E-state index contributed by atoms with van der Waals surface area (Å²) in [7, 11) is 0. The first kappa shape index (κ1) is 7.55. The molecule has 0 atom stereocenters. The van der Waals surface area contributed by atoms with Crippen molar-refractivity contribution in [3.8, 4) is 6.07 Å². The van der Waals surface area contributed by atoms with Gasteiger partial charge in [-0.2, -0.15) is 5.26 Å². The number of hydrogen-bond acceptors (Lipinski definition) is 3. The predicted octanol–water partition coefficient (Wildman–Crippen LogP) is 1.13. The molecule has 0 fully saturated rings. The van der Waals surface area contributed by atoms with Crippen molar-refractivity contribution in [2.45, 2.75) is 13.8 Å². The number of nitrogens with zero attached hydrogens (tertiary/aromatic N) is 1. The fourth-order valence-electron chi connectivity index (χ4n) is 0.886. The molecule has 0 aromatic carbocycles. The third kappa shape index (κ3) is 1.30. The molecule has 11 heavy (non-hydrogen) atoms. The average Bonchev–Trinajstić information content (AvgIpc) is 1.85. The van der Waals surface area contributed by atoms with Crippen LogP contribution in [-0.4, -0.2) is 0 Å². The molecule has 0 radical (unpaired) electrons. The van der Waals surface area contributed by atoms with Gasteiger partial charge in [-0.1, -0.05) is 0 Å². The fourth-order valence-corrected chi connectivity index (χ4v) is 0.886. The lowest BCUT2D eigenvalue weighted by Gasteiger charge is -1.95. The van der Waals surface area contributed by atoms with E-state index in [1.807, 2.05) is 0 Å². The summed E-state index contributed by atoms with van der Waals surface area (Å²) in [5.74, 6) is 0.920. The summed E-state index contributed by atoms with van der Waals surface area (Å²) in [5, 5.41) is 8.48. The Morgan fingerprint density at radius 2 is 2.18 bits per heavy atom. The molecular weight excluding hydrogens is 142 g/mol. The van der Waals surface area contributed by atoms with Gasteiger partial charge in [0, 0.05) is 6.07 Å². The number of nitriles is 1. The van der Waals surface area contributed by atoms with Crippen LogP contribution < -0.4 is 5.43 Å². The summed E-state index contributed by atoms with van der Waals surface area (Å²) >= 11 is 0. The lowest BCUT2D eigenvalue weighted by molar-refractivity contribution is 0.482. The van der Waals surface area contributed by atoms with Crippen LogP contribution in [0.3, 0.4) is 0 Å². The van der Waals surface area contributed by atoms with Crippen LogP contribution >= 0.6 is 0 Å². The zero-order chi connectivity index (χ0) is 8.43. The minimum Gasteiger partial charge on any atom is -0.465 e. The summed E-state index contributed by atoms with van der Waals surface area (Å²) < 4.78 is 5.06. The zero-order valence-corrected chi connectivity index (χ0v) is 6.34. The number of hydrogen-bond donors (Lipinski definition) is 0. The first-order valence-corrected chi connectivity index (χ1v) is 3.16. The molecule has 3 nitrogen and oxygen atoms in total. The second-order valence-corrected chi connectivity index (χ2v) is 2.26. The summed E-state index contributed by atoms with van der Waals surface area (Å²) in [5.41, 5.74) is -0.177. The highest BCUT2D eigenvalue weighted by molar-refractivity contribution is 5.30. The minimum absolute atomic E-state index is 0.0931. The van der Waals surface area contributed by atoms with E-state index in [-0.39, 0.29) is 11.0 Å². The van der Waals surface area contributed by atoms with Gasteiger partial charge in [-0.25, -0.2) is 0 Å². The first-order chi connectivity index (χ1) is 5.15. The van der Waals surface area contributed by atoms with Gasteiger partial charge in [0.2, 0.25) is 5.43 Å². The molecule has 0 aliphatic rings. The molecule has 0 aliphatic carbocycles. The maximum atomic E-state index is 11.0. The highest BCUT2D eigenvalue weighted by atomic mass is 16.3. The Morgan fingerprint density at radius 1 is 1.55 bits per heavy atom. The maximum absolute atomic E-state index is 11.0. The minimum atomic E-state index is -0.270. The smallest absolute Gasteiger partial charge is 0.203 e. The van der Waals surface area contributed by atoms with Gasteiger partial charge in [-0.15, -0.1) is 0 Å². The van der Waals surface area contributed by atoms with Crippen molar-refractivity contribution < 1.29 is 4.42 Å². The van der Waals surface area contributed by atoms with E-state index in [1.54, 1.807) is 19.9 Å². The van der Waals surface area contributed by atoms with Gasteiger partial charge in [-0.05, 0) is 13.8 Å². The van der Waals surface area contributed by atoms with Gasteiger partial charge < -0.3 is 4.42 Å². The SMILES string of the molecule is Cc1cc(=O)c(C#N)c(C)o1. The third-order valence-electron chi connectivity index (χ3n) is 1.36. The number of rotatable bonds is 0. The van der Waals surface area contributed by atoms with Crippen molar-refractivity contribution >= 4 is 0 Å². The van der Waals surface area contributed by atoms with Crippen LogP contribution in [0.1, 0.15) is 17.1 Å². The summed E-state index contributed by atoms with van der Waals surface area (Å²) in [4.78, 5) is 11.0. The lowest BCUT2D eigenvalue weighted by atomic mass is 10.2. The van der Waals surface area contributed by atoms with Crippen LogP contribution in [0.15, 0.2) is 15.3 Å². The number of aryl methyl sites for hydroxylation is 2. The molecule has 1 heterocycles. The Hall–Kier alpha value is -1.56. The maximum Gasteiger partial charge on any atom is 0.203 e. The molecular formula is C8H7NO2. The Bertz CT molecular complexity index is 371. The molecule has 3 heteroatoms.